The van der Waals surface area contributed by atoms with Crippen LogP contribution in [0.5, 0.6) is 0 Å². The van der Waals surface area contributed by atoms with Crippen molar-refractivity contribution in [3.8, 4) is 0 Å². The summed E-state index contributed by atoms with van der Waals surface area (Å²) in [4.78, 5) is 0.960. The standard InChI is InChI=1S/C26H34ClFN2S/c1-8-10-11-16-29-24-17-21(27)13-15-25(24)31(6,7)30-23(9-2)20(5)26-19(4)18(3)12-14-22(26)28/h9,12-15,17,29-30H,2,6-8,10-11,16H2,1,3-5H3/b23-20-. The largest absolute Gasteiger partial charge is 0.384 e. The maximum atomic E-state index is 14.7. The van der Waals surface area contributed by atoms with Crippen molar-refractivity contribution in [2.24, 2.45) is 0 Å². The summed E-state index contributed by atoms with van der Waals surface area (Å²) in [7, 11) is -1.97. The first kappa shape index (κ1) is 25.1. The third-order valence-corrected chi connectivity index (χ3v) is 7.48. The number of halogens is 2. The normalized spacial score (nSPS) is 12.3. The van der Waals surface area contributed by atoms with E-state index in [4.69, 9.17) is 11.6 Å². The average molecular weight is 461 g/mol. The summed E-state index contributed by atoms with van der Waals surface area (Å²) in [5.74, 6) is 8.56. The molecular weight excluding hydrogens is 427 g/mol. The Kier molecular flexibility index (Phi) is 8.84. The predicted molar refractivity (Wildman–Crippen MR) is 141 cm³/mol. The van der Waals surface area contributed by atoms with Crippen LogP contribution in [0.1, 0.15) is 49.8 Å². The molecule has 2 aromatic rings. The van der Waals surface area contributed by atoms with Crippen LogP contribution in [0.2, 0.25) is 5.02 Å². The zero-order valence-corrected chi connectivity index (χ0v) is 20.7. The average Bonchev–Trinajstić information content (AvgIpc) is 2.72. The molecule has 0 aliphatic heterocycles. The van der Waals surface area contributed by atoms with Crippen molar-refractivity contribution in [2.75, 3.05) is 11.9 Å². The third kappa shape index (κ3) is 6.18. The van der Waals surface area contributed by atoms with Crippen LogP contribution in [-0.4, -0.2) is 18.3 Å². The van der Waals surface area contributed by atoms with Gasteiger partial charge in [0.05, 0.1) is 0 Å². The van der Waals surface area contributed by atoms with Gasteiger partial charge in [-0.05, 0) is 74.2 Å². The molecule has 31 heavy (non-hydrogen) atoms. The highest BCUT2D eigenvalue weighted by atomic mass is 35.5. The van der Waals surface area contributed by atoms with Crippen LogP contribution in [0.15, 0.2) is 53.6 Å². The molecule has 0 bridgehead atoms. The molecule has 0 aromatic heterocycles. The number of allylic oxidation sites excluding steroid dienone is 2. The topological polar surface area (TPSA) is 24.1 Å². The van der Waals surface area contributed by atoms with Crippen molar-refractivity contribution >= 4 is 44.0 Å². The monoisotopic (exact) mass is 460 g/mol. The van der Waals surface area contributed by atoms with Crippen LogP contribution < -0.4 is 10.0 Å². The Morgan fingerprint density at radius 1 is 1.16 bits per heavy atom. The number of unbranched alkanes of at least 4 members (excludes halogenated alkanes) is 2. The lowest BCUT2D eigenvalue weighted by Crippen LogP contribution is -2.12. The number of rotatable bonds is 10. The Morgan fingerprint density at radius 2 is 1.87 bits per heavy atom. The van der Waals surface area contributed by atoms with Crippen molar-refractivity contribution in [3.05, 3.63) is 76.2 Å². The SMILES string of the molecule is C=C/C(NS(=C)(=C)c1ccc(Cl)cc1NCCCCC)=C(\C)c1c(F)ccc(C)c1C. The minimum Gasteiger partial charge on any atom is -0.384 e. The van der Waals surface area contributed by atoms with E-state index < -0.39 is 9.39 Å². The number of benzene rings is 2. The maximum Gasteiger partial charge on any atom is 0.131 e. The van der Waals surface area contributed by atoms with Gasteiger partial charge in [0.2, 0.25) is 0 Å². The number of anilines is 1. The zero-order valence-electron chi connectivity index (χ0n) is 19.1. The van der Waals surface area contributed by atoms with E-state index in [-0.39, 0.29) is 5.82 Å². The van der Waals surface area contributed by atoms with E-state index in [0.29, 0.717) is 10.6 Å². The van der Waals surface area contributed by atoms with E-state index in [1.807, 2.05) is 39.0 Å². The van der Waals surface area contributed by atoms with Gasteiger partial charge < -0.3 is 10.0 Å². The van der Waals surface area contributed by atoms with Gasteiger partial charge in [0.1, 0.15) is 5.82 Å². The molecular formula is C26H34ClFN2S. The van der Waals surface area contributed by atoms with Gasteiger partial charge >= 0.3 is 0 Å². The molecule has 0 heterocycles. The molecule has 2 nitrogen and oxygen atoms in total. The molecule has 0 fully saturated rings. The maximum absolute atomic E-state index is 14.7. The van der Waals surface area contributed by atoms with Crippen molar-refractivity contribution in [2.45, 2.75) is 51.9 Å². The lowest BCUT2D eigenvalue weighted by Gasteiger charge is -2.24. The Hall–Kier alpha value is -2.17. The lowest BCUT2D eigenvalue weighted by molar-refractivity contribution is 0.621. The molecule has 2 rings (SSSR count). The second kappa shape index (κ2) is 10.9. The van der Waals surface area contributed by atoms with E-state index in [2.05, 4.69) is 35.3 Å². The molecule has 5 heteroatoms. The van der Waals surface area contributed by atoms with Gasteiger partial charge in [-0.2, -0.15) is 0 Å². The quantitative estimate of drug-likeness (QED) is 0.214. The lowest BCUT2D eigenvalue weighted by atomic mass is 9.96. The van der Waals surface area contributed by atoms with Crippen molar-refractivity contribution < 1.29 is 4.39 Å². The van der Waals surface area contributed by atoms with Crippen molar-refractivity contribution in [3.63, 3.8) is 0 Å². The van der Waals surface area contributed by atoms with Gasteiger partial charge in [-0.1, -0.05) is 55.8 Å². The number of aryl methyl sites for hydroxylation is 1. The Morgan fingerprint density at radius 3 is 2.52 bits per heavy atom. The molecule has 0 radical (unpaired) electrons. The molecule has 0 saturated carbocycles. The van der Waals surface area contributed by atoms with Crippen LogP contribution in [0.3, 0.4) is 0 Å². The first-order valence-corrected chi connectivity index (χ1v) is 12.9. The Balaban J connectivity index is 2.46. The molecule has 2 N–H and O–H groups in total. The second-order valence-corrected chi connectivity index (χ2v) is 10.7. The van der Waals surface area contributed by atoms with Crippen molar-refractivity contribution in [1.29, 1.82) is 0 Å². The van der Waals surface area contributed by atoms with E-state index in [0.717, 1.165) is 58.8 Å². The molecule has 2 aromatic carbocycles. The van der Waals surface area contributed by atoms with Crippen LogP contribution in [-0.2, 0) is 0 Å². The van der Waals surface area contributed by atoms with Crippen LogP contribution in [0, 0.1) is 19.7 Å². The van der Waals surface area contributed by atoms with Crippen LogP contribution in [0.4, 0.5) is 10.1 Å². The van der Waals surface area contributed by atoms with Gasteiger partial charge in [-0.15, -0.1) is 9.39 Å². The summed E-state index contributed by atoms with van der Waals surface area (Å²) in [6.45, 7) is 12.8. The zero-order chi connectivity index (χ0) is 23.2. The fraction of sp³-hybridized carbons (Fsp3) is 0.308. The van der Waals surface area contributed by atoms with Gasteiger partial charge in [0, 0.05) is 33.4 Å². The third-order valence-electron chi connectivity index (χ3n) is 5.43. The smallest absolute Gasteiger partial charge is 0.131 e. The van der Waals surface area contributed by atoms with Gasteiger partial charge in [-0.3, -0.25) is 0 Å². The summed E-state index contributed by atoms with van der Waals surface area (Å²) in [6.07, 6.45) is 5.11. The predicted octanol–water partition coefficient (Wildman–Crippen LogP) is 7.85. The fourth-order valence-electron chi connectivity index (χ4n) is 3.49. The van der Waals surface area contributed by atoms with Crippen molar-refractivity contribution in [1.82, 2.24) is 4.72 Å². The Labute approximate surface area is 192 Å². The summed E-state index contributed by atoms with van der Waals surface area (Å²) >= 11 is 6.26. The molecule has 0 atom stereocenters. The summed E-state index contributed by atoms with van der Waals surface area (Å²) in [5.41, 5.74) is 4.97. The first-order valence-electron chi connectivity index (χ1n) is 10.5. The Bertz CT molecular complexity index is 1080. The minimum atomic E-state index is -1.97. The molecule has 0 unspecified atom stereocenters. The number of hydrogen-bond acceptors (Lipinski definition) is 2. The van der Waals surface area contributed by atoms with Crippen LogP contribution in [0.25, 0.3) is 5.57 Å². The van der Waals surface area contributed by atoms with E-state index in [1.165, 1.54) is 6.07 Å². The first-order chi connectivity index (χ1) is 14.6. The highest BCUT2D eigenvalue weighted by Gasteiger charge is 2.15. The van der Waals surface area contributed by atoms with Gasteiger partial charge in [-0.25, -0.2) is 4.39 Å². The summed E-state index contributed by atoms with van der Waals surface area (Å²) in [5, 5.41) is 4.14. The fourth-order valence-corrected chi connectivity index (χ4v) is 5.31. The molecule has 0 spiro atoms. The van der Waals surface area contributed by atoms with Gasteiger partial charge in [0.25, 0.3) is 0 Å². The summed E-state index contributed by atoms with van der Waals surface area (Å²) < 4.78 is 18.2. The molecule has 0 saturated heterocycles. The highest BCUT2D eigenvalue weighted by molar-refractivity contribution is 8.26. The molecule has 0 amide bonds. The minimum absolute atomic E-state index is 0.250. The van der Waals surface area contributed by atoms with Crippen LogP contribution >= 0.6 is 21.0 Å². The summed E-state index contributed by atoms with van der Waals surface area (Å²) in [6, 6.07) is 9.03. The second-order valence-electron chi connectivity index (χ2n) is 7.87. The van der Waals surface area contributed by atoms with E-state index in [1.54, 1.807) is 12.1 Å². The number of hydrogen-bond donors (Lipinski definition) is 2. The van der Waals surface area contributed by atoms with E-state index in [9.17, 15) is 4.39 Å². The molecule has 0 aliphatic rings. The molecule has 0 aliphatic carbocycles. The number of nitrogens with one attached hydrogen (secondary N) is 2. The van der Waals surface area contributed by atoms with E-state index >= 15 is 0 Å². The molecule has 168 valence electrons. The highest BCUT2D eigenvalue weighted by Crippen LogP contribution is 2.38. The van der Waals surface area contributed by atoms with Gasteiger partial charge in [0.15, 0.2) is 0 Å².